The van der Waals surface area contributed by atoms with Crippen LogP contribution in [0.5, 0.6) is 0 Å². The van der Waals surface area contributed by atoms with Crippen LogP contribution < -0.4 is 10.2 Å². The average Bonchev–Trinajstić information content (AvgIpc) is 2.89. The Morgan fingerprint density at radius 2 is 1.81 bits per heavy atom. The summed E-state index contributed by atoms with van der Waals surface area (Å²) in [6, 6.07) is 4.69. The zero-order chi connectivity index (χ0) is 20.0. The molecule has 1 aromatic carbocycles. The molecule has 0 unspecified atom stereocenters. The van der Waals surface area contributed by atoms with Gasteiger partial charge in [-0.1, -0.05) is 17.7 Å². The van der Waals surface area contributed by atoms with Crippen molar-refractivity contribution in [2.75, 3.05) is 25.7 Å². The second-order valence-electron chi connectivity index (χ2n) is 5.34. The fourth-order valence-corrected chi connectivity index (χ4v) is 2.72. The van der Waals surface area contributed by atoms with Gasteiger partial charge in [-0.25, -0.2) is 9.59 Å². The van der Waals surface area contributed by atoms with Crippen molar-refractivity contribution in [1.82, 2.24) is 5.32 Å². The van der Waals surface area contributed by atoms with Crippen molar-refractivity contribution in [2.24, 2.45) is 0 Å². The SMILES string of the molecule is CCNC(=O)c1ccc(N2C=CC=CC(C(=O)OC)=C2C(=O)OC)cc1Cl. The van der Waals surface area contributed by atoms with Crippen LogP contribution in [0.15, 0.2) is 53.9 Å². The maximum atomic E-state index is 12.4. The molecule has 2 rings (SSSR count). The highest BCUT2D eigenvalue weighted by Crippen LogP contribution is 2.30. The Morgan fingerprint density at radius 3 is 2.41 bits per heavy atom. The first kappa shape index (κ1) is 20.3. The third-order valence-electron chi connectivity index (χ3n) is 3.70. The maximum Gasteiger partial charge on any atom is 0.355 e. The van der Waals surface area contributed by atoms with Crippen molar-refractivity contribution in [3.05, 3.63) is 64.5 Å². The number of hydrogen-bond acceptors (Lipinski definition) is 6. The first-order valence-corrected chi connectivity index (χ1v) is 8.45. The number of esters is 2. The predicted octanol–water partition coefficient (Wildman–Crippen LogP) is 2.58. The summed E-state index contributed by atoms with van der Waals surface area (Å²) in [7, 11) is 2.44. The molecule has 27 heavy (non-hydrogen) atoms. The number of hydrogen-bond donors (Lipinski definition) is 1. The fraction of sp³-hybridized carbons (Fsp3) is 0.211. The predicted molar refractivity (Wildman–Crippen MR) is 101 cm³/mol. The van der Waals surface area contributed by atoms with E-state index in [1.807, 2.05) is 0 Å². The molecule has 1 amide bonds. The van der Waals surface area contributed by atoms with Gasteiger partial charge in [0.25, 0.3) is 5.91 Å². The molecule has 8 heteroatoms. The molecule has 0 aliphatic carbocycles. The Hall–Kier alpha value is -3.06. The molecule has 1 aromatic rings. The average molecular weight is 391 g/mol. The van der Waals surface area contributed by atoms with Crippen molar-refractivity contribution in [3.63, 3.8) is 0 Å². The van der Waals surface area contributed by atoms with Crippen LogP contribution in [0.25, 0.3) is 0 Å². The second-order valence-corrected chi connectivity index (χ2v) is 5.75. The Kier molecular flexibility index (Phi) is 6.79. The Labute approximate surface area is 161 Å². The first-order valence-electron chi connectivity index (χ1n) is 8.07. The van der Waals surface area contributed by atoms with Gasteiger partial charge in [0, 0.05) is 18.4 Å². The minimum Gasteiger partial charge on any atom is -0.465 e. The van der Waals surface area contributed by atoms with Crippen molar-refractivity contribution in [3.8, 4) is 0 Å². The second kappa shape index (κ2) is 9.05. The number of allylic oxidation sites excluding steroid dienone is 2. The summed E-state index contributed by atoms with van der Waals surface area (Å²) in [5, 5.41) is 2.87. The van der Waals surface area contributed by atoms with Gasteiger partial charge in [-0.05, 0) is 37.3 Å². The van der Waals surface area contributed by atoms with E-state index >= 15 is 0 Å². The Balaban J connectivity index is 2.57. The standard InChI is InChI=1S/C19H19ClN2O5/c1-4-21-17(23)13-9-8-12(11-15(13)20)22-10-6-5-7-14(18(24)26-2)16(22)19(25)27-3/h5-11H,4H2,1-3H3,(H,21,23). The Morgan fingerprint density at radius 1 is 1.11 bits per heavy atom. The van der Waals surface area contributed by atoms with Crippen molar-refractivity contribution >= 4 is 35.1 Å². The molecule has 0 spiro atoms. The molecule has 0 aromatic heterocycles. The summed E-state index contributed by atoms with van der Waals surface area (Å²) in [6.07, 6.45) is 6.28. The number of anilines is 1. The first-order chi connectivity index (χ1) is 12.9. The van der Waals surface area contributed by atoms with Crippen molar-refractivity contribution in [2.45, 2.75) is 6.92 Å². The minimum atomic E-state index is -0.726. The van der Waals surface area contributed by atoms with E-state index in [0.717, 1.165) is 0 Å². The van der Waals surface area contributed by atoms with Gasteiger partial charge in [-0.2, -0.15) is 0 Å². The number of amides is 1. The molecule has 0 fully saturated rings. The smallest absolute Gasteiger partial charge is 0.355 e. The highest BCUT2D eigenvalue weighted by atomic mass is 35.5. The maximum absolute atomic E-state index is 12.4. The molecular weight excluding hydrogens is 372 g/mol. The van der Waals surface area contributed by atoms with E-state index in [4.69, 9.17) is 21.1 Å². The fourth-order valence-electron chi connectivity index (χ4n) is 2.46. The molecule has 1 aliphatic rings. The summed E-state index contributed by atoms with van der Waals surface area (Å²) in [5.41, 5.74) is 0.764. The molecule has 1 aliphatic heterocycles. The van der Waals surface area contributed by atoms with Gasteiger partial charge in [0.1, 0.15) is 5.70 Å². The molecular formula is C19H19ClN2O5. The highest BCUT2D eigenvalue weighted by Gasteiger charge is 2.27. The van der Waals surface area contributed by atoms with Gasteiger partial charge >= 0.3 is 11.9 Å². The van der Waals surface area contributed by atoms with Crippen LogP contribution in [0.2, 0.25) is 5.02 Å². The zero-order valence-corrected chi connectivity index (χ0v) is 15.9. The number of nitrogens with zero attached hydrogens (tertiary/aromatic N) is 1. The quantitative estimate of drug-likeness (QED) is 0.778. The molecule has 0 atom stereocenters. The van der Waals surface area contributed by atoms with Crippen molar-refractivity contribution < 1.29 is 23.9 Å². The normalized spacial score (nSPS) is 13.3. The molecule has 0 saturated heterocycles. The van der Waals surface area contributed by atoms with E-state index in [1.54, 1.807) is 37.4 Å². The van der Waals surface area contributed by atoms with Gasteiger partial charge in [-0.3, -0.25) is 4.79 Å². The molecule has 0 saturated carbocycles. The molecule has 0 radical (unpaired) electrons. The van der Waals surface area contributed by atoms with E-state index in [1.165, 1.54) is 31.3 Å². The number of nitrogens with one attached hydrogen (secondary N) is 1. The highest BCUT2D eigenvalue weighted by molar-refractivity contribution is 6.34. The van der Waals surface area contributed by atoms with E-state index in [2.05, 4.69) is 5.32 Å². The summed E-state index contributed by atoms with van der Waals surface area (Å²) in [5.74, 6) is -1.72. The molecule has 0 bridgehead atoms. The summed E-state index contributed by atoms with van der Waals surface area (Å²) >= 11 is 6.26. The lowest BCUT2D eigenvalue weighted by atomic mass is 10.1. The van der Waals surface area contributed by atoms with Gasteiger partial charge < -0.3 is 19.7 Å². The van der Waals surface area contributed by atoms with Crippen LogP contribution in [0.1, 0.15) is 17.3 Å². The summed E-state index contributed by atoms with van der Waals surface area (Å²) in [4.78, 5) is 38.0. The third kappa shape index (κ3) is 4.38. The van der Waals surface area contributed by atoms with Gasteiger partial charge in [0.05, 0.1) is 30.4 Å². The van der Waals surface area contributed by atoms with E-state index in [9.17, 15) is 14.4 Å². The van der Waals surface area contributed by atoms with Gasteiger partial charge in [-0.15, -0.1) is 0 Å². The number of rotatable bonds is 5. The zero-order valence-electron chi connectivity index (χ0n) is 15.1. The number of ether oxygens (including phenoxy) is 2. The number of carbonyl (C=O) groups is 3. The number of halogens is 1. The summed E-state index contributed by atoms with van der Waals surface area (Å²) in [6.45, 7) is 2.27. The topological polar surface area (TPSA) is 84.9 Å². The molecule has 1 heterocycles. The van der Waals surface area contributed by atoms with Crippen LogP contribution in [0.4, 0.5) is 5.69 Å². The van der Waals surface area contributed by atoms with Crippen LogP contribution in [0.3, 0.4) is 0 Å². The van der Waals surface area contributed by atoms with Crippen LogP contribution in [-0.2, 0) is 19.1 Å². The number of methoxy groups -OCH3 is 2. The third-order valence-corrected chi connectivity index (χ3v) is 4.01. The number of carbonyl (C=O) groups excluding carboxylic acids is 3. The lowest BCUT2D eigenvalue weighted by Gasteiger charge is -2.23. The largest absolute Gasteiger partial charge is 0.465 e. The van der Waals surface area contributed by atoms with Crippen molar-refractivity contribution in [1.29, 1.82) is 0 Å². The molecule has 7 nitrogen and oxygen atoms in total. The van der Waals surface area contributed by atoms with Crippen LogP contribution in [0, 0.1) is 0 Å². The molecule has 142 valence electrons. The molecule has 1 N–H and O–H groups in total. The lowest BCUT2D eigenvalue weighted by Crippen LogP contribution is -2.27. The number of benzene rings is 1. The minimum absolute atomic E-state index is 0.0262. The van der Waals surface area contributed by atoms with Gasteiger partial charge in [0.2, 0.25) is 0 Å². The van der Waals surface area contributed by atoms with Crippen LogP contribution in [-0.4, -0.2) is 38.6 Å². The van der Waals surface area contributed by atoms with E-state index in [-0.39, 0.29) is 22.2 Å². The monoisotopic (exact) mass is 390 g/mol. The lowest BCUT2D eigenvalue weighted by molar-refractivity contribution is -0.139. The summed E-state index contributed by atoms with van der Waals surface area (Å²) < 4.78 is 9.60. The van der Waals surface area contributed by atoms with Gasteiger partial charge in [0.15, 0.2) is 0 Å². The van der Waals surface area contributed by atoms with E-state index in [0.29, 0.717) is 17.8 Å². The van der Waals surface area contributed by atoms with Crippen LogP contribution >= 0.6 is 11.6 Å². The van der Waals surface area contributed by atoms with E-state index < -0.39 is 11.9 Å². The Bertz CT molecular complexity index is 858.